The predicted molar refractivity (Wildman–Crippen MR) is 104 cm³/mol. The molecule has 0 bridgehead atoms. The van der Waals surface area contributed by atoms with Crippen LogP contribution in [0.3, 0.4) is 0 Å². The maximum Gasteiger partial charge on any atom is 0.417 e. The summed E-state index contributed by atoms with van der Waals surface area (Å²) in [6.07, 6.45) is -1.50. The number of fused-ring (bicyclic) bond motifs is 1. The molecule has 29 heavy (non-hydrogen) atoms. The van der Waals surface area contributed by atoms with Gasteiger partial charge in [-0.05, 0) is 44.5 Å². The van der Waals surface area contributed by atoms with Gasteiger partial charge in [-0.3, -0.25) is 4.79 Å². The standard InChI is InChI=1S/C19H24F3N5O2/c1-24-18(23)26-17(28)16-11-13-14(19(20,21)22)9-12(10-15(13)25-16)29-8-4-7-27-5-2-3-6-27/h9-11,25H,2-8H2,1H3,(H3,23,24,26,28). The molecule has 7 nitrogen and oxygen atoms in total. The van der Waals surface area contributed by atoms with Crippen LogP contribution < -0.4 is 15.8 Å². The van der Waals surface area contributed by atoms with Crippen molar-refractivity contribution in [1.29, 1.82) is 0 Å². The molecule has 2 aromatic rings. The Bertz CT molecular complexity index is 901. The molecule has 10 heteroatoms. The van der Waals surface area contributed by atoms with E-state index in [0.29, 0.717) is 6.61 Å². The number of aromatic nitrogens is 1. The number of nitrogens with zero attached hydrogens (tertiary/aromatic N) is 2. The fourth-order valence-electron chi connectivity index (χ4n) is 3.35. The molecule has 1 saturated heterocycles. The minimum Gasteiger partial charge on any atom is -0.493 e. The zero-order valence-electron chi connectivity index (χ0n) is 16.1. The molecule has 0 saturated carbocycles. The number of nitrogens with two attached hydrogens (primary N) is 1. The van der Waals surface area contributed by atoms with E-state index in [1.165, 1.54) is 26.0 Å². The van der Waals surface area contributed by atoms with Crippen LogP contribution in [0.2, 0.25) is 0 Å². The lowest BCUT2D eigenvalue weighted by atomic mass is 10.1. The second-order valence-electron chi connectivity index (χ2n) is 6.92. The molecular weight excluding hydrogens is 387 g/mol. The van der Waals surface area contributed by atoms with E-state index < -0.39 is 17.6 Å². The Kier molecular flexibility index (Phi) is 6.31. The molecule has 1 fully saturated rings. The quantitative estimate of drug-likeness (QED) is 0.386. The van der Waals surface area contributed by atoms with Gasteiger partial charge in [0.15, 0.2) is 5.96 Å². The largest absolute Gasteiger partial charge is 0.493 e. The number of guanidine groups is 1. The van der Waals surface area contributed by atoms with Crippen LogP contribution in [0, 0.1) is 0 Å². The molecule has 2 heterocycles. The van der Waals surface area contributed by atoms with Gasteiger partial charge in [-0.25, -0.2) is 0 Å². The predicted octanol–water partition coefficient (Wildman–Crippen LogP) is 2.73. The normalized spacial score (nSPS) is 15.8. The minimum absolute atomic E-state index is 0.0881. The summed E-state index contributed by atoms with van der Waals surface area (Å²) in [4.78, 5) is 20.7. The van der Waals surface area contributed by atoms with Crippen LogP contribution in [0.15, 0.2) is 23.2 Å². The first-order valence-electron chi connectivity index (χ1n) is 9.43. The maximum atomic E-state index is 13.5. The Morgan fingerprint density at radius 3 is 2.69 bits per heavy atom. The number of hydrogen-bond donors (Lipinski definition) is 3. The molecule has 1 aromatic heterocycles. The van der Waals surface area contributed by atoms with Crippen LogP contribution in [0.1, 0.15) is 35.3 Å². The average molecular weight is 411 g/mol. The molecule has 0 unspecified atom stereocenters. The van der Waals surface area contributed by atoms with Crippen molar-refractivity contribution in [3.05, 3.63) is 29.5 Å². The monoisotopic (exact) mass is 411 g/mol. The number of carbonyl (C=O) groups is 1. The van der Waals surface area contributed by atoms with E-state index in [4.69, 9.17) is 10.5 Å². The van der Waals surface area contributed by atoms with E-state index in [9.17, 15) is 18.0 Å². The highest BCUT2D eigenvalue weighted by Gasteiger charge is 2.34. The van der Waals surface area contributed by atoms with E-state index in [2.05, 4.69) is 20.2 Å². The van der Waals surface area contributed by atoms with Gasteiger partial charge < -0.3 is 25.7 Å². The highest BCUT2D eigenvalue weighted by molar-refractivity contribution is 6.04. The Balaban J connectivity index is 1.80. The lowest BCUT2D eigenvalue weighted by Gasteiger charge is -2.15. The molecule has 4 N–H and O–H groups in total. The Hall–Kier alpha value is -2.75. The Morgan fingerprint density at radius 1 is 1.31 bits per heavy atom. The number of nitrogens with one attached hydrogen (secondary N) is 2. The van der Waals surface area contributed by atoms with E-state index in [-0.39, 0.29) is 28.3 Å². The lowest BCUT2D eigenvalue weighted by molar-refractivity contribution is -0.136. The van der Waals surface area contributed by atoms with E-state index in [1.807, 2.05) is 0 Å². The maximum absolute atomic E-state index is 13.5. The van der Waals surface area contributed by atoms with Crippen molar-refractivity contribution in [2.45, 2.75) is 25.4 Å². The van der Waals surface area contributed by atoms with E-state index in [1.54, 1.807) is 0 Å². The van der Waals surface area contributed by atoms with Gasteiger partial charge in [-0.2, -0.15) is 18.2 Å². The highest BCUT2D eigenvalue weighted by Crippen LogP contribution is 2.38. The van der Waals surface area contributed by atoms with Crippen molar-refractivity contribution in [3.63, 3.8) is 0 Å². The molecule has 1 aliphatic heterocycles. The topological polar surface area (TPSA) is 95.7 Å². The van der Waals surface area contributed by atoms with Gasteiger partial charge in [-0.1, -0.05) is 0 Å². The molecule has 1 aliphatic rings. The van der Waals surface area contributed by atoms with E-state index >= 15 is 0 Å². The number of aromatic amines is 1. The van der Waals surface area contributed by atoms with Crippen molar-refractivity contribution in [1.82, 2.24) is 15.2 Å². The Morgan fingerprint density at radius 2 is 2.03 bits per heavy atom. The molecule has 0 radical (unpaired) electrons. The fraction of sp³-hybridized carbons (Fsp3) is 0.474. The number of rotatable bonds is 6. The van der Waals surface area contributed by atoms with Crippen molar-refractivity contribution in [3.8, 4) is 5.75 Å². The van der Waals surface area contributed by atoms with Gasteiger partial charge in [0.1, 0.15) is 11.4 Å². The molecule has 3 rings (SSSR count). The summed E-state index contributed by atoms with van der Waals surface area (Å²) in [5.41, 5.74) is 4.63. The number of H-pyrrole nitrogens is 1. The van der Waals surface area contributed by atoms with Crippen LogP contribution in [0.5, 0.6) is 5.75 Å². The number of hydrogen-bond acceptors (Lipinski definition) is 3. The number of amides is 1. The number of aliphatic imine (C=N–C) groups is 1. The van der Waals surface area contributed by atoms with Crippen LogP contribution in [-0.2, 0) is 6.18 Å². The van der Waals surface area contributed by atoms with Gasteiger partial charge in [0.2, 0.25) is 0 Å². The van der Waals surface area contributed by atoms with Gasteiger partial charge in [-0.15, -0.1) is 0 Å². The van der Waals surface area contributed by atoms with Crippen LogP contribution >= 0.6 is 0 Å². The summed E-state index contributed by atoms with van der Waals surface area (Å²) in [7, 11) is 1.48. The summed E-state index contributed by atoms with van der Waals surface area (Å²) in [6.45, 7) is 3.29. The van der Waals surface area contributed by atoms with Crippen LogP contribution in [-0.4, -0.2) is 55.0 Å². The van der Waals surface area contributed by atoms with Gasteiger partial charge in [0.05, 0.1) is 17.7 Å². The third-order valence-corrected chi connectivity index (χ3v) is 4.81. The first kappa shape index (κ1) is 21.0. The third-order valence-electron chi connectivity index (χ3n) is 4.81. The van der Waals surface area contributed by atoms with Crippen molar-refractivity contribution in [2.24, 2.45) is 10.7 Å². The Labute approximate surface area is 166 Å². The summed E-state index contributed by atoms with van der Waals surface area (Å²) in [5, 5.41) is 2.36. The molecule has 0 atom stereocenters. The van der Waals surface area contributed by atoms with Gasteiger partial charge >= 0.3 is 6.18 Å². The summed E-state index contributed by atoms with van der Waals surface area (Å²) in [5.74, 6) is -0.800. The smallest absolute Gasteiger partial charge is 0.417 e. The first-order valence-corrected chi connectivity index (χ1v) is 9.43. The minimum atomic E-state index is -4.59. The summed E-state index contributed by atoms with van der Waals surface area (Å²) >= 11 is 0. The van der Waals surface area contributed by atoms with E-state index in [0.717, 1.165) is 38.2 Å². The van der Waals surface area contributed by atoms with Crippen LogP contribution in [0.4, 0.5) is 13.2 Å². The highest BCUT2D eigenvalue weighted by atomic mass is 19.4. The molecule has 1 aromatic carbocycles. The fourth-order valence-corrected chi connectivity index (χ4v) is 3.35. The van der Waals surface area contributed by atoms with Gasteiger partial charge in [0, 0.05) is 25.0 Å². The summed E-state index contributed by atoms with van der Waals surface area (Å²) in [6, 6.07) is 3.55. The van der Waals surface area contributed by atoms with Crippen LogP contribution in [0.25, 0.3) is 10.9 Å². The SMILES string of the molecule is CNC(N)=NC(=O)c1cc2c(C(F)(F)F)cc(OCCCN3CCCC3)cc2[nH]1. The molecular formula is C19H24F3N5O2. The first-order chi connectivity index (χ1) is 13.8. The van der Waals surface area contributed by atoms with Gasteiger partial charge in [0.25, 0.3) is 5.91 Å². The van der Waals surface area contributed by atoms with Crippen molar-refractivity contribution < 1.29 is 22.7 Å². The molecule has 0 spiro atoms. The summed E-state index contributed by atoms with van der Waals surface area (Å²) < 4.78 is 46.2. The number of alkyl halides is 3. The number of likely N-dealkylation sites (tertiary alicyclic amines) is 1. The number of halogens is 3. The zero-order valence-corrected chi connectivity index (χ0v) is 16.1. The number of benzene rings is 1. The second kappa shape index (κ2) is 8.73. The number of ether oxygens (including phenoxy) is 1. The molecule has 158 valence electrons. The number of carbonyl (C=O) groups excluding carboxylic acids is 1. The molecule has 0 aliphatic carbocycles. The van der Waals surface area contributed by atoms with Crippen molar-refractivity contribution >= 4 is 22.8 Å². The molecule has 1 amide bonds. The second-order valence-corrected chi connectivity index (χ2v) is 6.92. The third kappa shape index (κ3) is 5.20. The zero-order chi connectivity index (χ0) is 21.0. The lowest BCUT2D eigenvalue weighted by Crippen LogP contribution is -2.28. The van der Waals surface area contributed by atoms with Crippen molar-refractivity contribution in [2.75, 3.05) is 33.3 Å². The average Bonchev–Trinajstić information content (AvgIpc) is 3.33.